The maximum atomic E-state index is 5.59. The van der Waals surface area contributed by atoms with Gasteiger partial charge in [-0.15, -0.1) is 0 Å². The van der Waals surface area contributed by atoms with E-state index in [0.29, 0.717) is 18.2 Å². The fourth-order valence-corrected chi connectivity index (χ4v) is 1.11. The predicted molar refractivity (Wildman–Crippen MR) is 55.0 cm³/mol. The molecule has 6 heteroatoms. The minimum atomic E-state index is -0.127. The molecule has 1 unspecified atom stereocenters. The van der Waals surface area contributed by atoms with Crippen LogP contribution in [0.1, 0.15) is 6.92 Å². The predicted octanol–water partition coefficient (Wildman–Crippen LogP) is 0.481. The van der Waals surface area contributed by atoms with Crippen molar-refractivity contribution in [2.75, 3.05) is 26.6 Å². The molecule has 0 radical (unpaired) electrons. The molecule has 2 N–H and O–H groups in total. The summed E-state index contributed by atoms with van der Waals surface area (Å²) in [5.74, 6) is 0.933. The van der Waals surface area contributed by atoms with E-state index in [-0.39, 0.29) is 11.9 Å². The molecule has 1 aromatic heterocycles. The van der Waals surface area contributed by atoms with Gasteiger partial charge in [0, 0.05) is 7.11 Å². The van der Waals surface area contributed by atoms with Crippen molar-refractivity contribution in [1.82, 2.24) is 9.97 Å². The molecule has 0 aliphatic rings. The molecule has 6 nitrogen and oxygen atoms in total. The van der Waals surface area contributed by atoms with Gasteiger partial charge < -0.3 is 19.9 Å². The highest BCUT2D eigenvalue weighted by Crippen LogP contribution is 2.29. The van der Waals surface area contributed by atoms with Crippen LogP contribution in [0.4, 0.5) is 5.82 Å². The highest BCUT2D eigenvalue weighted by molar-refractivity contribution is 5.51. The van der Waals surface area contributed by atoms with E-state index in [2.05, 4.69) is 9.97 Å². The molecule has 1 aromatic rings. The average Bonchev–Trinajstić information content (AvgIpc) is 2.18. The average molecular weight is 213 g/mol. The number of rotatable bonds is 5. The van der Waals surface area contributed by atoms with Crippen molar-refractivity contribution >= 4 is 5.82 Å². The van der Waals surface area contributed by atoms with E-state index in [9.17, 15) is 0 Å². The number of hydrogen-bond acceptors (Lipinski definition) is 6. The van der Waals surface area contributed by atoms with Crippen LogP contribution in [0.5, 0.6) is 11.6 Å². The SMILES string of the molecule is COCC(C)Oc1ncnc(N)c1OC. The fourth-order valence-electron chi connectivity index (χ4n) is 1.11. The summed E-state index contributed by atoms with van der Waals surface area (Å²) in [6.45, 7) is 2.33. The van der Waals surface area contributed by atoms with Crippen LogP contribution in [-0.4, -0.2) is 36.9 Å². The first-order valence-corrected chi connectivity index (χ1v) is 4.49. The normalized spacial score (nSPS) is 12.2. The Hall–Kier alpha value is -1.56. The van der Waals surface area contributed by atoms with Crippen LogP contribution in [0.25, 0.3) is 0 Å². The Labute approximate surface area is 88.4 Å². The van der Waals surface area contributed by atoms with E-state index < -0.39 is 0 Å². The summed E-state index contributed by atoms with van der Waals surface area (Å²) in [5, 5.41) is 0. The van der Waals surface area contributed by atoms with Crippen LogP contribution < -0.4 is 15.2 Å². The maximum Gasteiger partial charge on any atom is 0.262 e. The Kier molecular flexibility index (Phi) is 4.11. The largest absolute Gasteiger partial charge is 0.489 e. The summed E-state index contributed by atoms with van der Waals surface area (Å²) >= 11 is 0. The van der Waals surface area contributed by atoms with Crippen molar-refractivity contribution in [2.24, 2.45) is 0 Å². The molecule has 0 spiro atoms. The second kappa shape index (κ2) is 5.35. The van der Waals surface area contributed by atoms with Crippen LogP contribution >= 0.6 is 0 Å². The lowest BCUT2D eigenvalue weighted by Crippen LogP contribution is -2.19. The summed E-state index contributed by atoms with van der Waals surface area (Å²) in [7, 11) is 3.09. The lowest BCUT2D eigenvalue weighted by Gasteiger charge is -2.15. The number of methoxy groups -OCH3 is 2. The Morgan fingerprint density at radius 2 is 2.13 bits per heavy atom. The summed E-state index contributed by atoms with van der Waals surface area (Å²) in [6.07, 6.45) is 1.20. The zero-order valence-electron chi connectivity index (χ0n) is 9.06. The fraction of sp³-hybridized carbons (Fsp3) is 0.556. The Morgan fingerprint density at radius 1 is 1.40 bits per heavy atom. The van der Waals surface area contributed by atoms with Crippen LogP contribution in [0.15, 0.2) is 6.33 Å². The molecule has 1 rings (SSSR count). The maximum absolute atomic E-state index is 5.59. The minimum Gasteiger partial charge on any atom is -0.489 e. The molecule has 0 aliphatic carbocycles. The van der Waals surface area contributed by atoms with Gasteiger partial charge >= 0.3 is 0 Å². The quantitative estimate of drug-likeness (QED) is 0.766. The second-order valence-corrected chi connectivity index (χ2v) is 2.98. The van der Waals surface area contributed by atoms with E-state index in [0.717, 1.165) is 0 Å². The Morgan fingerprint density at radius 3 is 2.73 bits per heavy atom. The third-order valence-electron chi connectivity index (χ3n) is 1.72. The zero-order valence-corrected chi connectivity index (χ0v) is 9.06. The molecular formula is C9H15N3O3. The van der Waals surface area contributed by atoms with Gasteiger partial charge in [0.2, 0.25) is 5.75 Å². The number of hydrogen-bond donors (Lipinski definition) is 1. The van der Waals surface area contributed by atoms with Gasteiger partial charge in [-0.05, 0) is 6.92 Å². The second-order valence-electron chi connectivity index (χ2n) is 2.98. The van der Waals surface area contributed by atoms with E-state index in [1.165, 1.54) is 13.4 Å². The molecule has 0 bridgehead atoms. The van der Waals surface area contributed by atoms with E-state index in [1.807, 2.05) is 6.92 Å². The molecule has 15 heavy (non-hydrogen) atoms. The molecule has 0 aliphatic heterocycles. The van der Waals surface area contributed by atoms with Crippen molar-refractivity contribution in [1.29, 1.82) is 0 Å². The number of nitrogens with zero attached hydrogens (tertiary/aromatic N) is 2. The zero-order chi connectivity index (χ0) is 11.3. The van der Waals surface area contributed by atoms with Crippen LogP contribution in [-0.2, 0) is 4.74 Å². The van der Waals surface area contributed by atoms with E-state index in [4.69, 9.17) is 19.9 Å². The van der Waals surface area contributed by atoms with Crippen molar-refractivity contribution in [3.63, 3.8) is 0 Å². The molecule has 1 atom stereocenters. The smallest absolute Gasteiger partial charge is 0.262 e. The van der Waals surface area contributed by atoms with Crippen LogP contribution in [0.2, 0.25) is 0 Å². The molecule has 84 valence electrons. The van der Waals surface area contributed by atoms with Gasteiger partial charge in [0.25, 0.3) is 5.88 Å². The monoisotopic (exact) mass is 213 g/mol. The first-order chi connectivity index (χ1) is 7.19. The first kappa shape index (κ1) is 11.5. The summed E-state index contributed by atoms with van der Waals surface area (Å²) in [5.41, 5.74) is 5.59. The van der Waals surface area contributed by atoms with Gasteiger partial charge in [0.1, 0.15) is 12.4 Å². The van der Waals surface area contributed by atoms with Gasteiger partial charge in [-0.2, -0.15) is 4.98 Å². The Bertz CT molecular complexity index is 319. The number of aromatic nitrogens is 2. The molecule has 1 heterocycles. The van der Waals surface area contributed by atoms with Crippen molar-refractivity contribution in [3.8, 4) is 11.6 Å². The van der Waals surface area contributed by atoms with Gasteiger partial charge in [0.15, 0.2) is 5.82 Å². The number of anilines is 1. The molecule has 0 aromatic carbocycles. The lowest BCUT2D eigenvalue weighted by molar-refractivity contribution is 0.0866. The van der Waals surface area contributed by atoms with Crippen molar-refractivity contribution in [3.05, 3.63) is 6.33 Å². The third kappa shape index (κ3) is 2.95. The number of nitrogens with two attached hydrogens (primary N) is 1. The van der Waals surface area contributed by atoms with Gasteiger partial charge in [-0.3, -0.25) is 0 Å². The molecule has 0 fully saturated rings. The van der Waals surface area contributed by atoms with Crippen molar-refractivity contribution in [2.45, 2.75) is 13.0 Å². The van der Waals surface area contributed by atoms with Crippen LogP contribution in [0, 0.1) is 0 Å². The first-order valence-electron chi connectivity index (χ1n) is 4.49. The standard InChI is InChI=1S/C9H15N3O3/c1-6(4-13-2)15-9-7(14-3)8(10)11-5-12-9/h5-6H,4H2,1-3H3,(H2,10,11,12). The number of nitrogen functional groups attached to an aromatic ring is 1. The number of ether oxygens (including phenoxy) is 3. The summed E-state index contributed by atoms with van der Waals surface area (Å²) in [4.78, 5) is 7.73. The van der Waals surface area contributed by atoms with E-state index >= 15 is 0 Å². The third-order valence-corrected chi connectivity index (χ3v) is 1.72. The molecule has 0 amide bonds. The molecule has 0 saturated heterocycles. The highest BCUT2D eigenvalue weighted by Gasteiger charge is 2.13. The summed E-state index contributed by atoms with van der Waals surface area (Å²) in [6, 6.07) is 0. The summed E-state index contributed by atoms with van der Waals surface area (Å²) < 4.78 is 15.5. The lowest BCUT2D eigenvalue weighted by atomic mass is 10.4. The van der Waals surface area contributed by atoms with Crippen molar-refractivity contribution < 1.29 is 14.2 Å². The topological polar surface area (TPSA) is 79.5 Å². The van der Waals surface area contributed by atoms with Gasteiger partial charge in [0.05, 0.1) is 13.7 Å². The van der Waals surface area contributed by atoms with Gasteiger partial charge in [-0.1, -0.05) is 0 Å². The Balaban J connectivity index is 2.80. The highest BCUT2D eigenvalue weighted by atomic mass is 16.5. The van der Waals surface area contributed by atoms with E-state index in [1.54, 1.807) is 7.11 Å². The van der Waals surface area contributed by atoms with Crippen LogP contribution in [0.3, 0.4) is 0 Å². The molecule has 0 saturated carbocycles. The van der Waals surface area contributed by atoms with Gasteiger partial charge in [-0.25, -0.2) is 4.98 Å². The minimum absolute atomic E-state index is 0.127. The molecular weight excluding hydrogens is 198 g/mol.